The van der Waals surface area contributed by atoms with Crippen LogP contribution in [0.25, 0.3) is 11.0 Å². The number of hydrogen-bond donors (Lipinski definition) is 1. The molecule has 26 heavy (non-hydrogen) atoms. The summed E-state index contributed by atoms with van der Waals surface area (Å²) in [6.07, 6.45) is 0. The summed E-state index contributed by atoms with van der Waals surface area (Å²) < 4.78 is 0. The molecule has 4 aromatic rings. The lowest BCUT2D eigenvalue weighted by atomic mass is 10.1. The van der Waals surface area contributed by atoms with Gasteiger partial charge in [-0.3, -0.25) is 0 Å². The monoisotopic (exact) mass is 375 g/mol. The number of aromatic nitrogens is 2. The van der Waals surface area contributed by atoms with Crippen molar-refractivity contribution in [1.82, 2.24) is 9.97 Å². The third kappa shape index (κ3) is 2.71. The lowest BCUT2D eigenvalue weighted by Gasteiger charge is -2.23. The van der Waals surface area contributed by atoms with Crippen LogP contribution in [0.3, 0.4) is 0 Å². The minimum absolute atomic E-state index is 0.0178. The Labute approximate surface area is 160 Å². The Kier molecular flexibility index (Phi) is 3.80. The molecule has 1 aromatic heterocycles. The number of para-hydroxylation sites is 3. The Morgan fingerprint density at radius 2 is 1.77 bits per heavy atom. The quantitative estimate of drug-likeness (QED) is 0.454. The first kappa shape index (κ1) is 15.7. The molecule has 1 atom stereocenters. The number of nitrogens with zero attached hydrogens (tertiary/aromatic N) is 2. The Hall–Kier alpha value is -2.56. The van der Waals surface area contributed by atoms with Gasteiger partial charge in [-0.1, -0.05) is 48.0 Å². The summed E-state index contributed by atoms with van der Waals surface area (Å²) >= 11 is 8.00. The lowest BCUT2D eigenvalue weighted by molar-refractivity contribution is 1.06. The molecule has 0 aliphatic carbocycles. The number of aromatic amines is 1. The normalized spacial score (nSPS) is 16.3. The molecule has 0 unspecified atom stereocenters. The van der Waals surface area contributed by atoms with Crippen LogP contribution in [0.4, 0.5) is 5.69 Å². The number of fused-ring (bicyclic) bond motifs is 2. The number of halogens is 1. The zero-order valence-electron chi connectivity index (χ0n) is 13.7. The van der Waals surface area contributed by atoms with Crippen LogP contribution in [0.1, 0.15) is 16.6 Å². The molecule has 0 fully saturated rings. The Bertz CT molecular complexity index is 1120. The number of aliphatic imine (C=N–C) groups is 1. The molecule has 5 rings (SSSR count). The van der Waals surface area contributed by atoms with E-state index in [-0.39, 0.29) is 5.25 Å². The van der Waals surface area contributed by atoms with Crippen molar-refractivity contribution < 1.29 is 0 Å². The van der Waals surface area contributed by atoms with Crippen LogP contribution in [-0.2, 0) is 0 Å². The third-order valence-corrected chi connectivity index (χ3v) is 5.89. The first-order chi connectivity index (χ1) is 12.8. The molecule has 3 aromatic carbocycles. The van der Waals surface area contributed by atoms with Crippen molar-refractivity contribution in [2.45, 2.75) is 10.1 Å². The number of thioether (sulfide) groups is 1. The van der Waals surface area contributed by atoms with Crippen LogP contribution >= 0.6 is 23.4 Å². The molecule has 0 radical (unpaired) electrons. The fourth-order valence-electron chi connectivity index (χ4n) is 3.17. The number of rotatable bonds is 2. The molecule has 1 aliphatic rings. The summed E-state index contributed by atoms with van der Waals surface area (Å²) in [4.78, 5) is 14.4. The van der Waals surface area contributed by atoms with E-state index in [2.05, 4.69) is 17.1 Å². The van der Waals surface area contributed by atoms with Crippen molar-refractivity contribution in [2.24, 2.45) is 4.99 Å². The van der Waals surface area contributed by atoms with Gasteiger partial charge in [0.15, 0.2) is 0 Å². The molecule has 5 heteroatoms. The maximum Gasteiger partial charge on any atom is 0.126 e. The van der Waals surface area contributed by atoms with E-state index >= 15 is 0 Å². The van der Waals surface area contributed by atoms with Gasteiger partial charge in [0.2, 0.25) is 0 Å². The number of hydrogen-bond acceptors (Lipinski definition) is 3. The van der Waals surface area contributed by atoms with Crippen molar-refractivity contribution in [3.8, 4) is 0 Å². The number of H-pyrrole nitrogens is 1. The SMILES string of the molecule is Clc1cccc(C2=Nc3ccccc3S[C@@H]2c2nc3ccccc3[nH]2)c1. The topological polar surface area (TPSA) is 41.0 Å². The molecular formula is C21H14ClN3S. The van der Waals surface area contributed by atoms with Gasteiger partial charge in [-0.25, -0.2) is 9.98 Å². The molecule has 3 nitrogen and oxygen atoms in total. The number of imidazole rings is 1. The third-order valence-electron chi connectivity index (χ3n) is 4.38. The summed E-state index contributed by atoms with van der Waals surface area (Å²) in [6.45, 7) is 0. The fourth-order valence-corrected chi connectivity index (χ4v) is 4.53. The van der Waals surface area contributed by atoms with Crippen LogP contribution < -0.4 is 0 Å². The average molecular weight is 376 g/mol. The van der Waals surface area contributed by atoms with Gasteiger partial charge in [0.25, 0.3) is 0 Å². The minimum Gasteiger partial charge on any atom is -0.341 e. The summed E-state index contributed by atoms with van der Waals surface area (Å²) in [5.74, 6) is 0.907. The first-order valence-electron chi connectivity index (χ1n) is 8.33. The van der Waals surface area contributed by atoms with E-state index < -0.39 is 0 Å². The average Bonchev–Trinajstić information content (AvgIpc) is 3.11. The van der Waals surface area contributed by atoms with Gasteiger partial charge in [0, 0.05) is 9.92 Å². The van der Waals surface area contributed by atoms with Gasteiger partial charge >= 0.3 is 0 Å². The maximum atomic E-state index is 6.24. The summed E-state index contributed by atoms with van der Waals surface area (Å²) in [5, 5.41) is 0.688. The van der Waals surface area contributed by atoms with E-state index in [1.54, 1.807) is 11.8 Å². The molecule has 0 saturated carbocycles. The molecule has 1 aliphatic heterocycles. The highest BCUT2D eigenvalue weighted by molar-refractivity contribution is 8.00. The molecule has 0 amide bonds. The predicted molar refractivity (Wildman–Crippen MR) is 109 cm³/mol. The van der Waals surface area contributed by atoms with Crippen LogP contribution in [0.15, 0.2) is 82.7 Å². The fraction of sp³-hybridized carbons (Fsp3) is 0.0476. The van der Waals surface area contributed by atoms with E-state index in [4.69, 9.17) is 21.6 Å². The highest BCUT2D eigenvalue weighted by Gasteiger charge is 2.29. The second-order valence-corrected chi connectivity index (χ2v) is 7.70. The Morgan fingerprint density at radius 1 is 0.923 bits per heavy atom. The Morgan fingerprint density at radius 3 is 2.65 bits per heavy atom. The number of nitrogens with one attached hydrogen (secondary N) is 1. The van der Waals surface area contributed by atoms with E-state index in [9.17, 15) is 0 Å². The second-order valence-electron chi connectivity index (χ2n) is 6.11. The van der Waals surface area contributed by atoms with Crippen LogP contribution in [-0.4, -0.2) is 15.7 Å². The largest absolute Gasteiger partial charge is 0.341 e. The minimum atomic E-state index is -0.0178. The molecule has 1 N–H and O–H groups in total. The molecule has 0 saturated heterocycles. The zero-order chi connectivity index (χ0) is 17.5. The smallest absolute Gasteiger partial charge is 0.126 e. The van der Waals surface area contributed by atoms with Crippen LogP contribution in [0, 0.1) is 0 Å². The van der Waals surface area contributed by atoms with Crippen molar-refractivity contribution >= 4 is 45.8 Å². The molecule has 0 bridgehead atoms. The van der Waals surface area contributed by atoms with Crippen molar-refractivity contribution in [1.29, 1.82) is 0 Å². The molecule has 0 spiro atoms. The predicted octanol–water partition coefficient (Wildman–Crippen LogP) is 6.18. The molecule has 2 heterocycles. The zero-order valence-corrected chi connectivity index (χ0v) is 15.3. The Balaban J connectivity index is 1.69. The highest BCUT2D eigenvalue weighted by Crippen LogP contribution is 2.46. The van der Waals surface area contributed by atoms with Crippen LogP contribution in [0.5, 0.6) is 0 Å². The van der Waals surface area contributed by atoms with Crippen molar-refractivity contribution in [3.63, 3.8) is 0 Å². The van der Waals surface area contributed by atoms with E-state index in [0.717, 1.165) is 38.7 Å². The van der Waals surface area contributed by atoms with Crippen molar-refractivity contribution in [3.05, 3.63) is 89.2 Å². The second kappa shape index (κ2) is 6.31. The van der Waals surface area contributed by atoms with E-state index in [0.29, 0.717) is 5.02 Å². The number of benzene rings is 3. The van der Waals surface area contributed by atoms with Gasteiger partial charge in [-0.2, -0.15) is 0 Å². The van der Waals surface area contributed by atoms with Crippen molar-refractivity contribution in [2.75, 3.05) is 0 Å². The summed E-state index contributed by atoms with van der Waals surface area (Å²) in [6, 6.07) is 24.1. The van der Waals surface area contributed by atoms with Gasteiger partial charge in [-0.15, -0.1) is 11.8 Å². The molecular weight excluding hydrogens is 362 g/mol. The summed E-state index contributed by atoms with van der Waals surface area (Å²) in [5.41, 5.74) is 4.97. The van der Waals surface area contributed by atoms with E-state index in [1.165, 1.54) is 0 Å². The highest BCUT2D eigenvalue weighted by atomic mass is 35.5. The maximum absolute atomic E-state index is 6.24. The lowest BCUT2D eigenvalue weighted by Crippen LogP contribution is -2.15. The van der Waals surface area contributed by atoms with Crippen LogP contribution in [0.2, 0.25) is 5.02 Å². The van der Waals surface area contributed by atoms with Gasteiger partial charge in [0.05, 0.1) is 22.4 Å². The standard InChI is InChI=1S/C21H14ClN3S/c22-14-7-5-6-13(12-14)19-20(26-18-11-4-3-10-17(18)23-19)21-24-15-8-1-2-9-16(15)25-21/h1-12,20H,(H,24,25)/t20-/m0/s1. The van der Waals surface area contributed by atoms with E-state index in [1.807, 2.05) is 60.7 Å². The van der Waals surface area contributed by atoms with Gasteiger partial charge in [-0.05, 0) is 42.0 Å². The van der Waals surface area contributed by atoms with Gasteiger partial charge < -0.3 is 4.98 Å². The summed E-state index contributed by atoms with van der Waals surface area (Å²) in [7, 11) is 0. The first-order valence-corrected chi connectivity index (χ1v) is 9.58. The van der Waals surface area contributed by atoms with Gasteiger partial charge in [0.1, 0.15) is 11.1 Å². The molecule has 126 valence electrons.